The molecular weight excluding hydrogens is 340 g/mol. The summed E-state index contributed by atoms with van der Waals surface area (Å²) in [6, 6.07) is 14.4. The Hall–Kier alpha value is -2.24. The smallest absolute Gasteiger partial charge is 0.315 e. The Morgan fingerprint density at radius 3 is 2.28 bits per heavy atom. The van der Waals surface area contributed by atoms with Crippen molar-refractivity contribution in [1.29, 1.82) is 0 Å². The quantitative estimate of drug-likeness (QED) is 0.708. The van der Waals surface area contributed by atoms with E-state index in [0.717, 1.165) is 16.9 Å². The van der Waals surface area contributed by atoms with E-state index in [2.05, 4.69) is 10.6 Å². The molecule has 5 nitrogen and oxygen atoms in total. The van der Waals surface area contributed by atoms with Gasteiger partial charge in [-0.25, -0.2) is 4.79 Å². The molecule has 2 aromatic rings. The standard InChI is InChI=1S/C19H23ClN2O3/c1-19(24,11-14-5-9-17(25-2)10-6-14)13-22-18(23)21-12-15-3-7-16(20)8-4-15/h3-10,24H,11-13H2,1-2H3,(H2,21,22,23). The van der Waals surface area contributed by atoms with Gasteiger partial charge in [0.25, 0.3) is 0 Å². The molecule has 1 unspecified atom stereocenters. The number of benzene rings is 2. The summed E-state index contributed by atoms with van der Waals surface area (Å²) in [5.41, 5.74) is 0.866. The van der Waals surface area contributed by atoms with Crippen molar-refractivity contribution < 1.29 is 14.6 Å². The summed E-state index contributed by atoms with van der Waals surface area (Å²) in [5, 5.41) is 16.6. The van der Waals surface area contributed by atoms with Crippen molar-refractivity contribution in [3.8, 4) is 5.75 Å². The molecule has 0 bridgehead atoms. The van der Waals surface area contributed by atoms with Crippen molar-refractivity contribution in [2.24, 2.45) is 0 Å². The Labute approximate surface area is 153 Å². The van der Waals surface area contributed by atoms with Crippen LogP contribution in [0.5, 0.6) is 5.75 Å². The first kappa shape index (κ1) is 19.1. The van der Waals surface area contributed by atoms with E-state index in [1.165, 1.54) is 0 Å². The van der Waals surface area contributed by atoms with Crippen molar-refractivity contribution in [1.82, 2.24) is 10.6 Å². The second-order valence-corrected chi connectivity index (χ2v) is 6.62. The molecule has 0 saturated carbocycles. The lowest BCUT2D eigenvalue weighted by Crippen LogP contribution is -2.45. The van der Waals surface area contributed by atoms with Crippen molar-refractivity contribution in [3.05, 3.63) is 64.7 Å². The van der Waals surface area contributed by atoms with Crippen LogP contribution >= 0.6 is 11.6 Å². The molecule has 2 rings (SSSR count). The number of urea groups is 1. The predicted octanol–water partition coefficient (Wildman–Crippen LogP) is 3.14. The van der Waals surface area contributed by atoms with Crippen LogP contribution in [-0.2, 0) is 13.0 Å². The molecule has 0 heterocycles. The zero-order valence-corrected chi connectivity index (χ0v) is 15.1. The number of halogens is 1. The Morgan fingerprint density at radius 1 is 1.08 bits per heavy atom. The van der Waals surface area contributed by atoms with Crippen LogP contribution in [0, 0.1) is 0 Å². The van der Waals surface area contributed by atoms with Gasteiger partial charge in [0.05, 0.1) is 12.7 Å². The minimum absolute atomic E-state index is 0.144. The topological polar surface area (TPSA) is 70.6 Å². The molecule has 134 valence electrons. The minimum atomic E-state index is -1.05. The number of rotatable bonds is 7. The summed E-state index contributed by atoms with van der Waals surface area (Å²) in [7, 11) is 1.61. The molecule has 2 amide bonds. The highest BCUT2D eigenvalue weighted by Crippen LogP contribution is 2.16. The zero-order valence-electron chi connectivity index (χ0n) is 14.4. The number of ether oxygens (including phenoxy) is 1. The van der Waals surface area contributed by atoms with Crippen LogP contribution < -0.4 is 15.4 Å². The first-order valence-electron chi connectivity index (χ1n) is 7.99. The molecule has 6 heteroatoms. The zero-order chi connectivity index (χ0) is 18.3. The maximum absolute atomic E-state index is 11.9. The fourth-order valence-electron chi connectivity index (χ4n) is 2.36. The van der Waals surface area contributed by atoms with E-state index in [0.29, 0.717) is 18.0 Å². The van der Waals surface area contributed by atoms with Gasteiger partial charge < -0.3 is 20.5 Å². The summed E-state index contributed by atoms with van der Waals surface area (Å²) in [6.45, 7) is 2.23. The normalized spacial score (nSPS) is 13.0. The molecule has 0 aliphatic carbocycles. The molecular formula is C19H23ClN2O3. The van der Waals surface area contributed by atoms with E-state index in [9.17, 15) is 9.90 Å². The monoisotopic (exact) mass is 362 g/mol. The van der Waals surface area contributed by atoms with E-state index in [-0.39, 0.29) is 12.6 Å². The Morgan fingerprint density at radius 2 is 1.68 bits per heavy atom. The Kier molecular flexibility index (Phi) is 6.67. The molecule has 0 fully saturated rings. The van der Waals surface area contributed by atoms with Gasteiger partial charge in [-0.15, -0.1) is 0 Å². The number of nitrogens with one attached hydrogen (secondary N) is 2. The van der Waals surface area contributed by atoms with Crippen LogP contribution in [0.2, 0.25) is 5.02 Å². The van der Waals surface area contributed by atoms with E-state index in [1.54, 1.807) is 26.2 Å². The summed E-state index contributed by atoms with van der Waals surface area (Å²) < 4.78 is 5.11. The van der Waals surface area contributed by atoms with E-state index in [1.807, 2.05) is 36.4 Å². The van der Waals surface area contributed by atoms with Gasteiger partial charge in [0, 0.05) is 24.5 Å². The largest absolute Gasteiger partial charge is 0.497 e. The fourth-order valence-corrected chi connectivity index (χ4v) is 2.49. The molecule has 0 saturated heterocycles. The third-order valence-corrected chi connectivity index (χ3v) is 3.99. The van der Waals surface area contributed by atoms with E-state index in [4.69, 9.17) is 16.3 Å². The van der Waals surface area contributed by atoms with Crippen LogP contribution in [0.4, 0.5) is 4.79 Å². The molecule has 0 radical (unpaired) electrons. The van der Waals surface area contributed by atoms with Gasteiger partial charge in [0.2, 0.25) is 0 Å². The average molecular weight is 363 g/mol. The number of hydrogen-bond acceptors (Lipinski definition) is 3. The Balaban J connectivity index is 1.77. The number of methoxy groups -OCH3 is 1. The lowest BCUT2D eigenvalue weighted by molar-refractivity contribution is 0.0624. The molecule has 2 aromatic carbocycles. The van der Waals surface area contributed by atoms with E-state index < -0.39 is 5.60 Å². The highest BCUT2D eigenvalue weighted by molar-refractivity contribution is 6.30. The predicted molar refractivity (Wildman–Crippen MR) is 99.0 cm³/mol. The van der Waals surface area contributed by atoms with Crippen LogP contribution in [0.25, 0.3) is 0 Å². The summed E-state index contributed by atoms with van der Waals surface area (Å²) in [6.07, 6.45) is 0.425. The van der Waals surface area contributed by atoms with Gasteiger partial charge in [-0.2, -0.15) is 0 Å². The van der Waals surface area contributed by atoms with Crippen molar-refractivity contribution >= 4 is 17.6 Å². The number of carbonyl (C=O) groups excluding carboxylic acids is 1. The lowest BCUT2D eigenvalue weighted by Gasteiger charge is -2.24. The Bertz CT molecular complexity index is 685. The maximum atomic E-state index is 11.9. The van der Waals surface area contributed by atoms with Crippen LogP contribution in [0.1, 0.15) is 18.1 Å². The first-order valence-corrected chi connectivity index (χ1v) is 8.37. The second-order valence-electron chi connectivity index (χ2n) is 6.18. The van der Waals surface area contributed by atoms with Crippen LogP contribution in [0.3, 0.4) is 0 Å². The average Bonchev–Trinajstić information content (AvgIpc) is 2.60. The van der Waals surface area contributed by atoms with Gasteiger partial charge >= 0.3 is 6.03 Å². The number of aliphatic hydroxyl groups is 1. The van der Waals surface area contributed by atoms with Crippen molar-refractivity contribution in [3.63, 3.8) is 0 Å². The third kappa shape index (κ3) is 6.64. The van der Waals surface area contributed by atoms with Gasteiger partial charge in [-0.1, -0.05) is 35.9 Å². The first-order chi connectivity index (χ1) is 11.9. The highest BCUT2D eigenvalue weighted by atomic mass is 35.5. The highest BCUT2D eigenvalue weighted by Gasteiger charge is 2.21. The lowest BCUT2D eigenvalue weighted by atomic mass is 9.96. The molecule has 25 heavy (non-hydrogen) atoms. The molecule has 0 aromatic heterocycles. The SMILES string of the molecule is COc1ccc(CC(C)(O)CNC(=O)NCc2ccc(Cl)cc2)cc1. The minimum Gasteiger partial charge on any atom is -0.497 e. The van der Waals surface area contributed by atoms with Crippen LogP contribution in [0.15, 0.2) is 48.5 Å². The molecule has 3 N–H and O–H groups in total. The number of amides is 2. The third-order valence-electron chi connectivity index (χ3n) is 3.74. The summed E-state index contributed by atoms with van der Waals surface area (Å²) >= 11 is 5.82. The molecule has 1 atom stereocenters. The van der Waals surface area contributed by atoms with Crippen molar-refractivity contribution in [2.75, 3.05) is 13.7 Å². The molecule has 0 aliphatic heterocycles. The summed E-state index contributed by atoms with van der Waals surface area (Å²) in [4.78, 5) is 11.9. The molecule has 0 aliphatic rings. The van der Waals surface area contributed by atoms with E-state index >= 15 is 0 Å². The van der Waals surface area contributed by atoms with Gasteiger partial charge in [-0.05, 0) is 42.3 Å². The van der Waals surface area contributed by atoms with Gasteiger partial charge in [-0.3, -0.25) is 0 Å². The second kappa shape index (κ2) is 8.74. The van der Waals surface area contributed by atoms with Crippen LogP contribution in [-0.4, -0.2) is 30.4 Å². The maximum Gasteiger partial charge on any atom is 0.315 e. The van der Waals surface area contributed by atoms with Crippen molar-refractivity contribution in [2.45, 2.75) is 25.5 Å². The molecule has 0 spiro atoms. The summed E-state index contributed by atoms with van der Waals surface area (Å²) in [5.74, 6) is 0.767. The number of hydrogen-bond donors (Lipinski definition) is 3. The number of carbonyl (C=O) groups is 1. The fraction of sp³-hybridized carbons (Fsp3) is 0.316. The van der Waals surface area contributed by atoms with Gasteiger partial charge in [0.1, 0.15) is 5.75 Å². The van der Waals surface area contributed by atoms with Gasteiger partial charge in [0.15, 0.2) is 0 Å².